The largest absolute Gasteiger partial charge is 0.355 e. The number of likely N-dealkylation sites (tertiary alicyclic amines) is 1. The van der Waals surface area contributed by atoms with E-state index in [-0.39, 0.29) is 11.7 Å². The molecule has 0 aromatic carbocycles. The SMILES string of the molecule is CCCCNC(=O)CN1CCC2(CC1)OCCO2. The van der Waals surface area contributed by atoms with Gasteiger partial charge in [0.15, 0.2) is 5.79 Å². The Labute approximate surface area is 109 Å². The van der Waals surface area contributed by atoms with E-state index in [4.69, 9.17) is 9.47 Å². The van der Waals surface area contributed by atoms with Crippen LogP contribution in [0.3, 0.4) is 0 Å². The lowest BCUT2D eigenvalue weighted by Crippen LogP contribution is -2.48. The van der Waals surface area contributed by atoms with Crippen molar-refractivity contribution >= 4 is 5.91 Å². The molecule has 1 spiro atoms. The highest BCUT2D eigenvalue weighted by Gasteiger charge is 2.39. The van der Waals surface area contributed by atoms with Gasteiger partial charge in [0.2, 0.25) is 5.91 Å². The summed E-state index contributed by atoms with van der Waals surface area (Å²) in [6.07, 6.45) is 3.90. The summed E-state index contributed by atoms with van der Waals surface area (Å²) >= 11 is 0. The van der Waals surface area contributed by atoms with E-state index in [1.165, 1.54) is 0 Å². The average Bonchev–Trinajstić information content (AvgIpc) is 2.81. The molecule has 0 unspecified atom stereocenters. The first kappa shape index (κ1) is 13.8. The zero-order chi connectivity index (χ0) is 12.8. The van der Waals surface area contributed by atoms with Crippen LogP contribution in [0.25, 0.3) is 0 Å². The number of piperidine rings is 1. The van der Waals surface area contributed by atoms with Gasteiger partial charge in [-0.2, -0.15) is 0 Å². The number of unbranched alkanes of at least 4 members (excludes halogenated alkanes) is 1. The molecule has 18 heavy (non-hydrogen) atoms. The summed E-state index contributed by atoms with van der Waals surface area (Å²) in [6, 6.07) is 0. The summed E-state index contributed by atoms with van der Waals surface area (Å²) in [5.74, 6) is -0.206. The first-order valence-electron chi connectivity index (χ1n) is 7.01. The van der Waals surface area contributed by atoms with Gasteiger partial charge in [-0.05, 0) is 6.42 Å². The van der Waals surface area contributed by atoms with Crippen LogP contribution in [0, 0.1) is 0 Å². The summed E-state index contributed by atoms with van der Waals surface area (Å²) < 4.78 is 11.3. The van der Waals surface area contributed by atoms with Gasteiger partial charge in [-0.1, -0.05) is 13.3 Å². The second kappa shape index (κ2) is 6.50. The highest BCUT2D eigenvalue weighted by atomic mass is 16.7. The van der Waals surface area contributed by atoms with Gasteiger partial charge in [-0.15, -0.1) is 0 Å². The first-order valence-corrected chi connectivity index (χ1v) is 7.01. The number of hydrogen-bond donors (Lipinski definition) is 1. The van der Waals surface area contributed by atoms with Crippen LogP contribution in [0.15, 0.2) is 0 Å². The molecule has 1 N–H and O–H groups in total. The number of rotatable bonds is 5. The number of nitrogens with one attached hydrogen (secondary N) is 1. The lowest BCUT2D eigenvalue weighted by atomic mass is 10.0. The number of carbonyl (C=O) groups excluding carboxylic acids is 1. The van der Waals surface area contributed by atoms with Crippen LogP contribution in [-0.2, 0) is 14.3 Å². The van der Waals surface area contributed by atoms with E-state index < -0.39 is 0 Å². The van der Waals surface area contributed by atoms with E-state index in [1.54, 1.807) is 0 Å². The van der Waals surface area contributed by atoms with Gasteiger partial charge in [-0.3, -0.25) is 9.69 Å². The smallest absolute Gasteiger partial charge is 0.234 e. The highest BCUT2D eigenvalue weighted by molar-refractivity contribution is 5.77. The van der Waals surface area contributed by atoms with Crippen LogP contribution in [0.4, 0.5) is 0 Å². The third kappa shape index (κ3) is 3.67. The quantitative estimate of drug-likeness (QED) is 0.737. The maximum Gasteiger partial charge on any atom is 0.234 e. The van der Waals surface area contributed by atoms with Gasteiger partial charge in [0, 0.05) is 32.5 Å². The van der Waals surface area contributed by atoms with Crippen LogP contribution in [0.5, 0.6) is 0 Å². The van der Waals surface area contributed by atoms with Gasteiger partial charge < -0.3 is 14.8 Å². The normalized spacial score (nSPS) is 23.4. The molecule has 5 nitrogen and oxygen atoms in total. The second-order valence-corrected chi connectivity index (χ2v) is 5.09. The minimum atomic E-state index is -0.338. The van der Waals surface area contributed by atoms with Gasteiger partial charge >= 0.3 is 0 Å². The van der Waals surface area contributed by atoms with E-state index in [9.17, 15) is 4.79 Å². The van der Waals surface area contributed by atoms with E-state index in [1.807, 2.05) is 0 Å². The monoisotopic (exact) mass is 256 g/mol. The average molecular weight is 256 g/mol. The molecular weight excluding hydrogens is 232 g/mol. The van der Waals surface area contributed by atoms with Crippen molar-refractivity contribution in [2.24, 2.45) is 0 Å². The van der Waals surface area contributed by atoms with Crippen LogP contribution in [0.2, 0.25) is 0 Å². The third-order valence-corrected chi connectivity index (χ3v) is 3.65. The zero-order valence-corrected chi connectivity index (χ0v) is 11.2. The lowest BCUT2D eigenvalue weighted by molar-refractivity contribution is -0.185. The minimum Gasteiger partial charge on any atom is -0.355 e. The molecule has 0 bridgehead atoms. The Kier molecular flexibility index (Phi) is 4.97. The Morgan fingerprint density at radius 1 is 1.28 bits per heavy atom. The second-order valence-electron chi connectivity index (χ2n) is 5.09. The zero-order valence-electron chi connectivity index (χ0n) is 11.2. The van der Waals surface area contributed by atoms with Crippen molar-refractivity contribution in [3.05, 3.63) is 0 Å². The van der Waals surface area contributed by atoms with Crippen molar-refractivity contribution in [3.8, 4) is 0 Å². The number of carbonyl (C=O) groups is 1. The molecule has 0 saturated carbocycles. The molecule has 0 radical (unpaired) electrons. The Bertz CT molecular complexity index is 267. The number of amides is 1. The number of nitrogens with zero attached hydrogens (tertiary/aromatic N) is 1. The summed E-state index contributed by atoms with van der Waals surface area (Å²) in [6.45, 7) is 6.58. The minimum absolute atomic E-state index is 0.132. The molecule has 0 aliphatic carbocycles. The van der Waals surface area contributed by atoms with Crippen molar-refractivity contribution in [1.82, 2.24) is 10.2 Å². The summed E-state index contributed by atoms with van der Waals surface area (Å²) in [4.78, 5) is 13.9. The first-order chi connectivity index (χ1) is 8.74. The predicted octanol–water partition coefficient (Wildman–Crippen LogP) is 0.742. The van der Waals surface area contributed by atoms with Gasteiger partial charge in [0.05, 0.1) is 19.8 Å². The van der Waals surface area contributed by atoms with Crippen LogP contribution in [-0.4, -0.2) is 56.0 Å². The summed E-state index contributed by atoms with van der Waals surface area (Å²) in [5.41, 5.74) is 0. The standard InChI is InChI=1S/C13H24N2O3/c1-2-3-6-14-12(16)11-15-7-4-13(5-8-15)17-9-10-18-13/h2-11H2,1H3,(H,14,16). The molecule has 0 aromatic rings. The van der Waals surface area contributed by atoms with Crippen molar-refractivity contribution in [3.63, 3.8) is 0 Å². The van der Waals surface area contributed by atoms with Gasteiger partial charge in [-0.25, -0.2) is 0 Å². The van der Waals surface area contributed by atoms with Crippen LogP contribution >= 0.6 is 0 Å². The molecule has 0 aromatic heterocycles. The maximum atomic E-state index is 11.7. The van der Waals surface area contributed by atoms with E-state index in [2.05, 4.69) is 17.1 Å². The fourth-order valence-corrected chi connectivity index (χ4v) is 2.50. The maximum absolute atomic E-state index is 11.7. The van der Waals surface area contributed by atoms with Crippen molar-refractivity contribution in [2.45, 2.75) is 38.4 Å². The molecule has 5 heteroatoms. The molecule has 2 aliphatic heterocycles. The molecular formula is C13H24N2O3. The molecule has 2 fully saturated rings. The molecule has 2 rings (SSSR count). The fraction of sp³-hybridized carbons (Fsp3) is 0.923. The molecule has 2 heterocycles. The van der Waals surface area contributed by atoms with E-state index in [0.717, 1.165) is 45.3 Å². The van der Waals surface area contributed by atoms with Gasteiger partial charge in [0.1, 0.15) is 0 Å². The van der Waals surface area contributed by atoms with Crippen LogP contribution in [0.1, 0.15) is 32.6 Å². The lowest BCUT2D eigenvalue weighted by Gasteiger charge is -2.37. The van der Waals surface area contributed by atoms with E-state index in [0.29, 0.717) is 19.8 Å². The molecule has 104 valence electrons. The summed E-state index contributed by atoms with van der Waals surface area (Å²) in [7, 11) is 0. The van der Waals surface area contributed by atoms with Crippen molar-refractivity contribution < 1.29 is 14.3 Å². The van der Waals surface area contributed by atoms with E-state index >= 15 is 0 Å². The third-order valence-electron chi connectivity index (χ3n) is 3.65. The molecule has 0 atom stereocenters. The van der Waals surface area contributed by atoms with Crippen molar-refractivity contribution in [1.29, 1.82) is 0 Å². The fourth-order valence-electron chi connectivity index (χ4n) is 2.50. The Hall–Kier alpha value is -0.650. The Balaban J connectivity index is 1.65. The Morgan fingerprint density at radius 2 is 1.94 bits per heavy atom. The predicted molar refractivity (Wildman–Crippen MR) is 68.2 cm³/mol. The molecule has 2 saturated heterocycles. The van der Waals surface area contributed by atoms with Gasteiger partial charge in [0.25, 0.3) is 0 Å². The molecule has 2 aliphatic rings. The topological polar surface area (TPSA) is 50.8 Å². The number of hydrogen-bond acceptors (Lipinski definition) is 4. The Morgan fingerprint density at radius 3 is 2.56 bits per heavy atom. The summed E-state index contributed by atoms with van der Waals surface area (Å²) in [5, 5.41) is 2.95. The number of ether oxygens (including phenoxy) is 2. The van der Waals surface area contributed by atoms with Crippen molar-refractivity contribution in [2.75, 3.05) is 39.4 Å². The van der Waals surface area contributed by atoms with Crippen LogP contribution < -0.4 is 5.32 Å². The highest BCUT2D eigenvalue weighted by Crippen LogP contribution is 2.30. The molecule has 1 amide bonds.